The van der Waals surface area contributed by atoms with Crippen LogP contribution in [-0.4, -0.2) is 29.7 Å². The van der Waals surface area contributed by atoms with E-state index in [1.165, 1.54) is 5.56 Å². The number of aliphatic carboxylic acids is 1. The second-order valence-corrected chi connectivity index (χ2v) is 5.92. The number of carboxylic acid groups (broad SMARTS) is 1. The Morgan fingerprint density at radius 2 is 1.86 bits per heavy atom. The minimum atomic E-state index is -1.10. The molecular weight excluding hydrogens is 290 g/mol. The summed E-state index contributed by atoms with van der Waals surface area (Å²) in [5.41, 5.74) is 5.31. The second-order valence-electron chi connectivity index (χ2n) is 5.41. The van der Waals surface area contributed by atoms with Gasteiger partial charge in [-0.2, -0.15) is 12.6 Å². The van der Waals surface area contributed by atoms with Crippen molar-refractivity contribution >= 4 is 24.6 Å². The van der Waals surface area contributed by atoms with E-state index in [0.717, 1.165) is 12.0 Å². The van der Waals surface area contributed by atoms with Crippen molar-refractivity contribution in [1.82, 2.24) is 0 Å². The van der Waals surface area contributed by atoms with Crippen LogP contribution in [0.1, 0.15) is 30.2 Å². The Kier molecular flexibility index (Phi) is 6.71. The lowest BCUT2D eigenvalue weighted by molar-refractivity contribution is -0.412. The summed E-state index contributed by atoms with van der Waals surface area (Å²) in [6.45, 7) is 4.03. The molecule has 0 bridgehead atoms. The van der Waals surface area contributed by atoms with Crippen LogP contribution in [0.5, 0.6) is 0 Å². The highest BCUT2D eigenvalue weighted by molar-refractivity contribution is 7.81. The Balaban J connectivity index is 2.59. The number of benzene rings is 1. The Labute approximate surface area is 129 Å². The topological polar surface area (TPSA) is 91.2 Å². The van der Waals surface area contributed by atoms with E-state index >= 15 is 0 Å². The molecule has 0 aliphatic heterocycles. The van der Waals surface area contributed by atoms with Crippen LogP contribution in [0.3, 0.4) is 0 Å². The summed E-state index contributed by atoms with van der Waals surface area (Å²) in [7, 11) is 0. The molecule has 1 unspecified atom stereocenters. The number of esters is 1. The molecule has 21 heavy (non-hydrogen) atoms. The van der Waals surface area contributed by atoms with E-state index in [-0.39, 0.29) is 6.61 Å². The van der Waals surface area contributed by atoms with Crippen molar-refractivity contribution in [2.24, 2.45) is 5.92 Å². The molecule has 4 N–H and O–H groups in total. The molecule has 6 heteroatoms. The molecule has 0 saturated carbocycles. The molecule has 0 heterocycles. The zero-order chi connectivity index (χ0) is 16.0. The van der Waals surface area contributed by atoms with Gasteiger partial charge in [-0.15, -0.1) is 0 Å². The van der Waals surface area contributed by atoms with Gasteiger partial charge in [0.05, 0.1) is 0 Å². The Bertz CT molecular complexity index is 487. The van der Waals surface area contributed by atoms with E-state index in [0.29, 0.717) is 5.92 Å². The number of quaternary nitrogens is 1. The summed E-state index contributed by atoms with van der Waals surface area (Å²) < 4.78 is 4.92. The minimum Gasteiger partial charge on any atom is -0.477 e. The van der Waals surface area contributed by atoms with Crippen LogP contribution in [0.4, 0.5) is 0 Å². The first-order valence-corrected chi connectivity index (χ1v) is 7.32. The molecule has 0 saturated heterocycles. The first-order chi connectivity index (χ1) is 9.81. The van der Waals surface area contributed by atoms with Gasteiger partial charge < -0.3 is 15.6 Å². The summed E-state index contributed by atoms with van der Waals surface area (Å²) in [6.07, 6.45) is 0.976. The molecule has 1 aromatic rings. The maximum atomic E-state index is 11.8. The summed E-state index contributed by atoms with van der Waals surface area (Å²) in [6, 6.07) is 6.65. The van der Waals surface area contributed by atoms with Gasteiger partial charge in [-0.25, -0.2) is 4.79 Å². The van der Waals surface area contributed by atoms with Crippen LogP contribution < -0.4 is 5.73 Å². The third-order valence-electron chi connectivity index (χ3n) is 2.94. The maximum absolute atomic E-state index is 11.8. The normalized spacial score (nSPS) is 13.8. The van der Waals surface area contributed by atoms with Gasteiger partial charge in [-0.1, -0.05) is 38.1 Å². The highest BCUT2D eigenvalue weighted by Gasteiger charge is 2.22. The van der Waals surface area contributed by atoms with E-state index in [9.17, 15) is 9.59 Å². The van der Waals surface area contributed by atoms with Crippen LogP contribution in [-0.2, 0) is 20.7 Å². The van der Waals surface area contributed by atoms with Gasteiger partial charge in [0.1, 0.15) is 5.25 Å². The Morgan fingerprint density at radius 3 is 2.33 bits per heavy atom. The lowest BCUT2D eigenvalue weighted by Crippen LogP contribution is -2.67. The predicted molar refractivity (Wildman–Crippen MR) is 82.0 cm³/mol. The molecule has 0 aliphatic rings. The largest absolute Gasteiger partial charge is 0.477 e. The number of ether oxygens (including phenoxy) is 1. The molecular formula is C15H22NO4S+. The molecule has 0 aliphatic carbocycles. The first kappa shape index (κ1) is 17.5. The fourth-order valence-corrected chi connectivity index (χ4v) is 2.02. The fraction of sp³-hybridized carbons (Fsp3) is 0.467. The molecule has 0 fully saturated rings. The molecule has 1 aromatic carbocycles. The minimum absolute atomic E-state index is 0.253. The highest BCUT2D eigenvalue weighted by atomic mass is 32.1. The predicted octanol–water partition coefficient (Wildman–Crippen LogP) is 1.09. The van der Waals surface area contributed by atoms with Gasteiger partial charge in [0, 0.05) is 0 Å². The summed E-state index contributed by atoms with van der Waals surface area (Å²) in [5.74, 6) is -1.10. The van der Waals surface area contributed by atoms with Gasteiger partial charge in [0.15, 0.2) is 6.61 Å². The van der Waals surface area contributed by atoms with Crippen molar-refractivity contribution in [2.45, 2.75) is 31.6 Å². The monoisotopic (exact) mass is 312 g/mol. The van der Waals surface area contributed by atoms with Gasteiger partial charge in [-0.3, -0.25) is 4.79 Å². The summed E-state index contributed by atoms with van der Waals surface area (Å²) >= 11 is 4.23. The molecule has 116 valence electrons. The first-order valence-electron chi connectivity index (χ1n) is 6.80. The molecule has 0 amide bonds. The lowest BCUT2D eigenvalue weighted by Gasteiger charge is -2.12. The van der Waals surface area contributed by atoms with Crippen molar-refractivity contribution in [2.75, 3.05) is 6.61 Å². The second kappa shape index (κ2) is 8.05. The van der Waals surface area contributed by atoms with Gasteiger partial charge in [0.2, 0.25) is 6.04 Å². The Hall–Kier alpha value is -1.53. The highest BCUT2D eigenvalue weighted by Crippen LogP contribution is 2.22. The van der Waals surface area contributed by atoms with Crippen molar-refractivity contribution in [3.8, 4) is 0 Å². The fourth-order valence-electron chi connectivity index (χ4n) is 1.78. The van der Waals surface area contributed by atoms with Crippen LogP contribution in [0.25, 0.3) is 0 Å². The third kappa shape index (κ3) is 5.77. The van der Waals surface area contributed by atoms with Crippen molar-refractivity contribution in [3.63, 3.8) is 0 Å². The van der Waals surface area contributed by atoms with Crippen molar-refractivity contribution in [3.05, 3.63) is 35.4 Å². The molecule has 0 spiro atoms. The number of rotatable bonds is 7. The number of carboxylic acids is 1. The van der Waals surface area contributed by atoms with Crippen LogP contribution in [0.2, 0.25) is 0 Å². The smallest absolute Gasteiger partial charge is 0.366 e. The zero-order valence-electron chi connectivity index (χ0n) is 12.3. The maximum Gasteiger partial charge on any atom is 0.366 e. The van der Waals surface area contributed by atoms with Crippen LogP contribution in [0, 0.1) is 5.92 Å². The zero-order valence-corrected chi connectivity index (χ0v) is 13.2. The van der Waals surface area contributed by atoms with Crippen molar-refractivity contribution in [1.29, 1.82) is 0 Å². The van der Waals surface area contributed by atoms with E-state index in [1.807, 2.05) is 24.3 Å². The summed E-state index contributed by atoms with van der Waals surface area (Å²) in [4.78, 5) is 22.4. The Morgan fingerprint density at radius 1 is 1.29 bits per heavy atom. The van der Waals surface area contributed by atoms with E-state index < -0.39 is 23.2 Å². The van der Waals surface area contributed by atoms with E-state index in [2.05, 4.69) is 32.2 Å². The van der Waals surface area contributed by atoms with E-state index in [4.69, 9.17) is 9.84 Å². The number of hydrogen-bond acceptors (Lipinski definition) is 4. The summed E-state index contributed by atoms with van der Waals surface area (Å²) in [5, 5.41) is 7.96. The van der Waals surface area contributed by atoms with Crippen LogP contribution >= 0.6 is 12.6 Å². The SMILES string of the molecule is CC(C)Cc1ccc(C(S)C(=O)OC[C@H]([NH3+])C(=O)O)cc1. The van der Waals surface area contributed by atoms with Gasteiger partial charge in [-0.05, 0) is 23.5 Å². The molecule has 5 nitrogen and oxygen atoms in total. The molecule has 0 aromatic heterocycles. The average Bonchev–Trinajstić information content (AvgIpc) is 2.43. The third-order valence-corrected chi connectivity index (χ3v) is 3.45. The van der Waals surface area contributed by atoms with Crippen LogP contribution in [0.15, 0.2) is 24.3 Å². The standard InChI is InChI=1S/C15H21NO4S/c1-9(2)7-10-3-5-11(6-4-10)13(21)15(19)20-8-12(16)14(17)18/h3-6,9,12-13,21H,7-8,16H2,1-2H3,(H,17,18)/p+1/t12-,13?/m0/s1. The average molecular weight is 312 g/mol. The molecule has 0 radical (unpaired) electrons. The number of carbonyl (C=O) groups excluding carboxylic acids is 1. The number of thiol groups is 1. The quantitative estimate of drug-likeness (QED) is 0.519. The van der Waals surface area contributed by atoms with E-state index in [1.54, 1.807) is 0 Å². The van der Waals surface area contributed by atoms with Gasteiger partial charge >= 0.3 is 11.9 Å². The van der Waals surface area contributed by atoms with Crippen molar-refractivity contribution < 1.29 is 25.2 Å². The lowest BCUT2D eigenvalue weighted by atomic mass is 10.0. The molecule has 1 rings (SSSR count). The molecule has 2 atom stereocenters. The number of carbonyl (C=O) groups is 2. The van der Waals surface area contributed by atoms with Gasteiger partial charge in [0.25, 0.3) is 0 Å². The number of hydrogen-bond donors (Lipinski definition) is 3.